The molecule has 0 saturated heterocycles. The van der Waals surface area contributed by atoms with Gasteiger partial charge in [0.25, 0.3) is 5.91 Å². The number of aryl methyl sites for hydroxylation is 1. The highest BCUT2D eigenvalue weighted by molar-refractivity contribution is 7.92. The van der Waals surface area contributed by atoms with Crippen molar-refractivity contribution < 1.29 is 18.0 Å². The van der Waals surface area contributed by atoms with Gasteiger partial charge in [-0.05, 0) is 36.1 Å². The lowest BCUT2D eigenvalue weighted by atomic mass is 10.1. The average molecular weight is 432 g/mol. The third-order valence-corrected chi connectivity index (χ3v) is 5.57. The first-order chi connectivity index (χ1) is 14.1. The smallest absolute Gasteiger partial charge is 0.253 e. The van der Waals surface area contributed by atoms with E-state index in [2.05, 4.69) is 10.6 Å². The number of para-hydroxylation sites is 2. The van der Waals surface area contributed by atoms with Crippen molar-refractivity contribution in [2.24, 2.45) is 5.92 Å². The second-order valence-corrected chi connectivity index (χ2v) is 9.36. The highest BCUT2D eigenvalue weighted by Gasteiger charge is 2.23. The van der Waals surface area contributed by atoms with E-state index in [0.29, 0.717) is 29.9 Å². The third kappa shape index (κ3) is 6.32. The Kier molecular flexibility index (Phi) is 8.00. The molecule has 2 aromatic carbocycles. The van der Waals surface area contributed by atoms with Crippen LogP contribution in [-0.2, 0) is 21.2 Å². The van der Waals surface area contributed by atoms with Crippen LogP contribution in [0.25, 0.3) is 0 Å². The highest BCUT2D eigenvalue weighted by Crippen LogP contribution is 2.23. The van der Waals surface area contributed by atoms with Crippen LogP contribution >= 0.6 is 0 Å². The standard InChI is InChI=1S/C22H29N3O4S/c1-5-17-10-6-9-13-20(17)25(30(4,28)29)15-21(26)24-19-12-8-7-11-18(19)22(27)23-14-16(2)3/h6-13,16H,5,14-15H2,1-4H3,(H,23,27)(H,24,26). The SMILES string of the molecule is CCc1ccccc1N(CC(=O)Nc1ccccc1C(=O)NCC(C)C)S(C)(=O)=O. The highest BCUT2D eigenvalue weighted by atomic mass is 32.2. The predicted molar refractivity (Wildman–Crippen MR) is 120 cm³/mol. The molecule has 8 heteroatoms. The number of carbonyl (C=O) groups is 2. The normalized spacial score (nSPS) is 11.2. The van der Waals surface area contributed by atoms with Gasteiger partial charge in [0.1, 0.15) is 6.54 Å². The summed E-state index contributed by atoms with van der Waals surface area (Å²) in [4.78, 5) is 25.2. The van der Waals surface area contributed by atoms with E-state index in [9.17, 15) is 18.0 Å². The summed E-state index contributed by atoms with van der Waals surface area (Å²) < 4.78 is 25.9. The molecule has 7 nitrogen and oxygen atoms in total. The van der Waals surface area contributed by atoms with E-state index in [4.69, 9.17) is 0 Å². The number of rotatable bonds is 9. The molecule has 0 saturated carbocycles. The van der Waals surface area contributed by atoms with Crippen LogP contribution in [0.1, 0.15) is 36.7 Å². The van der Waals surface area contributed by atoms with Crippen LogP contribution in [0.3, 0.4) is 0 Å². The van der Waals surface area contributed by atoms with E-state index in [0.717, 1.165) is 16.1 Å². The molecule has 0 bridgehead atoms. The largest absolute Gasteiger partial charge is 0.352 e. The van der Waals surface area contributed by atoms with E-state index < -0.39 is 22.5 Å². The molecule has 0 spiro atoms. The number of hydrogen-bond donors (Lipinski definition) is 2. The molecule has 0 radical (unpaired) electrons. The van der Waals surface area contributed by atoms with Crippen LogP contribution in [0.5, 0.6) is 0 Å². The molecule has 0 aliphatic heterocycles. The summed E-state index contributed by atoms with van der Waals surface area (Å²) in [6.45, 7) is 6.02. The van der Waals surface area contributed by atoms with Crippen molar-refractivity contribution in [2.45, 2.75) is 27.2 Å². The zero-order chi connectivity index (χ0) is 22.3. The number of nitrogens with one attached hydrogen (secondary N) is 2. The summed E-state index contributed by atoms with van der Waals surface area (Å²) in [5.74, 6) is -0.538. The number of sulfonamides is 1. The van der Waals surface area contributed by atoms with Gasteiger partial charge in [0.15, 0.2) is 0 Å². The van der Waals surface area contributed by atoms with Crippen LogP contribution in [0.2, 0.25) is 0 Å². The van der Waals surface area contributed by atoms with Crippen LogP contribution in [0.15, 0.2) is 48.5 Å². The monoisotopic (exact) mass is 431 g/mol. The number of hydrogen-bond acceptors (Lipinski definition) is 4. The van der Waals surface area contributed by atoms with Crippen molar-refractivity contribution in [3.63, 3.8) is 0 Å². The molecule has 2 rings (SSSR count). The molecular formula is C22H29N3O4S. The van der Waals surface area contributed by atoms with E-state index in [1.54, 1.807) is 36.4 Å². The average Bonchev–Trinajstić information content (AvgIpc) is 2.69. The molecule has 0 atom stereocenters. The maximum absolute atomic E-state index is 12.7. The second-order valence-electron chi connectivity index (χ2n) is 7.45. The van der Waals surface area contributed by atoms with Crippen molar-refractivity contribution in [3.8, 4) is 0 Å². The molecule has 2 N–H and O–H groups in total. The van der Waals surface area contributed by atoms with E-state index in [-0.39, 0.29) is 11.8 Å². The van der Waals surface area contributed by atoms with Crippen molar-refractivity contribution >= 4 is 33.2 Å². The Morgan fingerprint density at radius 2 is 1.67 bits per heavy atom. The van der Waals surface area contributed by atoms with Gasteiger partial charge in [-0.2, -0.15) is 0 Å². The molecule has 30 heavy (non-hydrogen) atoms. The Balaban J connectivity index is 2.24. The summed E-state index contributed by atoms with van der Waals surface area (Å²) in [7, 11) is -3.69. The van der Waals surface area contributed by atoms with Crippen molar-refractivity contribution in [3.05, 3.63) is 59.7 Å². The molecule has 0 aliphatic rings. The Morgan fingerprint density at radius 3 is 2.30 bits per heavy atom. The molecule has 0 fully saturated rings. The van der Waals surface area contributed by atoms with Crippen molar-refractivity contribution in [1.29, 1.82) is 0 Å². The molecule has 2 aromatic rings. The minimum atomic E-state index is -3.69. The van der Waals surface area contributed by atoms with Crippen LogP contribution < -0.4 is 14.9 Å². The van der Waals surface area contributed by atoms with Gasteiger partial charge in [-0.25, -0.2) is 8.42 Å². The number of anilines is 2. The Morgan fingerprint density at radius 1 is 1.03 bits per heavy atom. The lowest BCUT2D eigenvalue weighted by Gasteiger charge is -2.24. The van der Waals surface area contributed by atoms with Gasteiger partial charge in [-0.3, -0.25) is 13.9 Å². The van der Waals surface area contributed by atoms with Gasteiger partial charge < -0.3 is 10.6 Å². The maximum atomic E-state index is 12.7. The fraction of sp³-hybridized carbons (Fsp3) is 0.364. The summed E-state index contributed by atoms with van der Waals surface area (Å²) in [5, 5.41) is 5.50. The third-order valence-electron chi connectivity index (χ3n) is 4.45. The first-order valence-corrected chi connectivity index (χ1v) is 11.7. The van der Waals surface area contributed by atoms with Gasteiger partial charge in [0.05, 0.1) is 23.2 Å². The quantitative estimate of drug-likeness (QED) is 0.638. The first-order valence-electron chi connectivity index (χ1n) is 9.86. The summed E-state index contributed by atoms with van der Waals surface area (Å²) in [5.41, 5.74) is 1.96. The number of nitrogens with zero attached hydrogens (tertiary/aromatic N) is 1. The van der Waals surface area contributed by atoms with Crippen LogP contribution in [0.4, 0.5) is 11.4 Å². The van der Waals surface area contributed by atoms with E-state index in [1.165, 1.54) is 0 Å². The van der Waals surface area contributed by atoms with Gasteiger partial charge in [-0.1, -0.05) is 51.1 Å². The molecule has 0 aromatic heterocycles. The topological polar surface area (TPSA) is 95.6 Å². The minimum Gasteiger partial charge on any atom is -0.352 e. The summed E-state index contributed by atoms with van der Waals surface area (Å²) in [6.07, 6.45) is 1.70. The van der Waals surface area contributed by atoms with Crippen LogP contribution in [0, 0.1) is 5.92 Å². The van der Waals surface area contributed by atoms with Crippen molar-refractivity contribution in [2.75, 3.05) is 29.0 Å². The Bertz CT molecular complexity index is 1000. The molecule has 2 amide bonds. The van der Waals surface area contributed by atoms with Gasteiger partial charge in [-0.15, -0.1) is 0 Å². The summed E-state index contributed by atoms with van der Waals surface area (Å²) in [6, 6.07) is 13.7. The predicted octanol–water partition coefficient (Wildman–Crippen LogP) is 3.04. The molecule has 0 unspecified atom stereocenters. The molecule has 0 aliphatic carbocycles. The number of benzene rings is 2. The number of carbonyl (C=O) groups excluding carboxylic acids is 2. The second kappa shape index (κ2) is 10.2. The fourth-order valence-electron chi connectivity index (χ4n) is 2.94. The summed E-state index contributed by atoms with van der Waals surface area (Å²) >= 11 is 0. The van der Waals surface area contributed by atoms with Crippen molar-refractivity contribution in [1.82, 2.24) is 5.32 Å². The molecule has 162 valence electrons. The molecule has 0 heterocycles. The maximum Gasteiger partial charge on any atom is 0.253 e. The Hall–Kier alpha value is -2.87. The van der Waals surface area contributed by atoms with E-state index >= 15 is 0 Å². The Labute approximate surface area is 178 Å². The zero-order valence-corrected chi connectivity index (χ0v) is 18.6. The number of amides is 2. The van der Waals surface area contributed by atoms with E-state index in [1.807, 2.05) is 32.9 Å². The first kappa shape index (κ1) is 23.4. The lowest BCUT2D eigenvalue weighted by molar-refractivity contribution is -0.114. The van der Waals surface area contributed by atoms with Gasteiger partial charge in [0.2, 0.25) is 15.9 Å². The minimum absolute atomic E-state index is 0.289. The molecular weight excluding hydrogens is 402 g/mol. The van der Waals surface area contributed by atoms with Gasteiger partial charge >= 0.3 is 0 Å². The zero-order valence-electron chi connectivity index (χ0n) is 17.8. The van der Waals surface area contributed by atoms with Gasteiger partial charge in [0, 0.05) is 6.54 Å². The lowest BCUT2D eigenvalue weighted by Crippen LogP contribution is -2.38. The fourth-order valence-corrected chi connectivity index (χ4v) is 3.82. The van der Waals surface area contributed by atoms with Crippen LogP contribution in [-0.4, -0.2) is 39.6 Å².